The molecule has 8 heteroatoms. The van der Waals surface area contributed by atoms with Crippen molar-refractivity contribution in [2.75, 3.05) is 0 Å². The number of nitrogens with zero attached hydrogens (tertiary/aromatic N) is 4. The SMILES string of the molecule is Cc1cc(/C=N\n2c(=S)[nH]c3ccccc3c2=O)c(C)n1-c1nccs1. The number of hydrogen-bond acceptors (Lipinski definition) is 5. The number of hydrogen-bond donors (Lipinski definition) is 1. The van der Waals surface area contributed by atoms with Crippen LogP contribution in [0, 0.1) is 18.6 Å². The third kappa shape index (κ3) is 2.73. The Morgan fingerprint density at radius 3 is 2.88 bits per heavy atom. The van der Waals surface area contributed by atoms with E-state index in [1.807, 2.05) is 43.5 Å². The van der Waals surface area contributed by atoms with Crippen LogP contribution in [0.5, 0.6) is 0 Å². The maximum absolute atomic E-state index is 12.7. The Morgan fingerprint density at radius 1 is 1.31 bits per heavy atom. The Hall–Kier alpha value is -2.84. The van der Waals surface area contributed by atoms with Crippen molar-refractivity contribution in [3.63, 3.8) is 0 Å². The van der Waals surface area contributed by atoms with Gasteiger partial charge in [0.15, 0.2) is 5.13 Å². The summed E-state index contributed by atoms with van der Waals surface area (Å²) in [4.78, 5) is 20.1. The lowest BCUT2D eigenvalue weighted by Gasteiger charge is -2.04. The molecule has 0 radical (unpaired) electrons. The molecule has 3 aromatic heterocycles. The minimum atomic E-state index is -0.241. The molecular formula is C18H15N5OS2. The third-order valence-corrected chi connectivity index (χ3v) is 5.21. The van der Waals surface area contributed by atoms with E-state index in [9.17, 15) is 4.79 Å². The summed E-state index contributed by atoms with van der Waals surface area (Å²) >= 11 is 6.86. The van der Waals surface area contributed by atoms with E-state index in [1.165, 1.54) is 4.68 Å². The molecule has 0 atom stereocenters. The van der Waals surface area contributed by atoms with Crippen molar-refractivity contribution in [2.24, 2.45) is 5.10 Å². The Morgan fingerprint density at radius 2 is 2.12 bits per heavy atom. The summed E-state index contributed by atoms with van der Waals surface area (Å²) in [6, 6.07) is 9.26. The van der Waals surface area contributed by atoms with Gasteiger partial charge in [-0.25, -0.2) is 4.98 Å². The molecule has 0 spiro atoms. The summed E-state index contributed by atoms with van der Waals surface area (Å²) in [7, 11) is 0. The molecule has 0 aliphatic heterocycles. The molecule has 0 aliphatic carbocycles. The van der Waals surface area contributed by atoms with Gasteiger partial charge in [0, 0.05) is 28.5 Å². The zero-order valence-electron chi connectivity index (χ0n) is 14.1. The predicted molar refractivity (Wildman–Crippen MR) is 107 cm³/mol. The molecule has 4 rings (SSSR count). The molecule has 3 heterocycles. The molecule has 1 aromatic carbocycles. The van der Waals surface area contributed by atoms with Gasteiger partial charge in [0.25, 0.3) is 5.56 Å². The number of aromatic nitrogens is 4. The van der Waals surface area contributed by atoms with Gasteiger partial charge < -0.3 is 4.98 Å². The summed E-state index contributed by atoms with van der Waals surface area (Å²) in [5, 5.41) is 7.73. The maximum Gasteiger partial charge on any atom is 0.282 e. The molecule has 130 valence electrons. The highest BCUT2D eigenvalue weighted by Gasteiger charge is 2.11. The molecule has 0 fully saturated rings. The van der Waals surface area contributed by atoms with Crippen LogP contribution >= 0.6 is 23.6 Å². The molecule has 0 saturated carbocycles. The van der Waals surface area contributed by atoms with Crippen LogP contribution in [-0.2, 0) is 0 Å². The highest BCUT2D eigenvalue weighted by molar-refractivity contribution is 7.71. The van der Waals surface area contributed by atoms with Crippen LogP contribution in [0.1, 0.15) is 17.0 Å². The molecular weight excluding hydrogens is 366 g/mol. The van der Waals surface area contributed by atoms with Crippen LogP contribution in [0.25, 0.3) is 16.0 Å². The van der Waals surface area contributed by atoms with E-state index in [1.54, 1.807) is 29.8 Å². The Labute approximate surface area is 158 Å². The minimum Gasteiger partial charge on any atom is -0.330 e. The first-order chi connectivity index (χ1) is 12.6. The lowest BCUT2D eigenvalue weighted by molar-refractivity contribution is 0.799. The Kier molecular flexibility index (Phi) is 4.14. The fourth-order valence-electron chi connectivity index (χ4n) is 2.92. The minimum absolute atomic E-state index is 0.241. The third-order valence-electron chi connectivity index (χ3n) is 4.18. The second kappa shape index (κ2) is 6.47. The van der Waals surface area contributed by atoms with E-state index in [4.69, 9.17) is 12.2 Å². The maximum atomic E-state index is 12.7. The van der Waals surface area contributed by atoms with Gasteiger partial charge >= 0.3 is 0 Å². The van der Waals surface area contributed by atoms with Crippen molar-refractivity contribution in [3.8, 4) is 5.13 Å². The van der Waals surface area contributed by atoms with Crippen molar-refractivity contribution in [2.45, 2.75) is 13.8 Å². The number of aryl methyl sites for hydroxylation is 1. The van der Waals surface area contributed by atoms with E-state index in [2.05, 4.69) is 19.6 Å². The van der Waals surface area contributed by atoms with Gasteiger partial charge in [0.2, 0.25) is 4.77 Å². The smallest absolute Gasteiger partial charge is 0.282 e. The van der Waals surface area contributed by atoms with Crippen molar-refractivity contribution in [1.82, 2.24) is 19.2 Å². The summed E-state index contributed by atoms with van der Waals surface area (Å²) in [5.41, 5.74) is 3.43. The van der Waals surface area contributed by atoms with E-state index >= 15 is 0 Å². The van der Waals surface area contributed by atoms with Gasteiger partial charge in [-0.2, -0.15) is 9.78 Å². The van der Waals surface area contributed by atoms with Crippen molar-refractivity contribution in [1.29, 1.82) is 0 Å². The first kappa shape index (κ1) is 16.6. The topological polar surface area (TPSA) is 68.0 Å². The molecule has 0 bridgehead atoms. The average Bonchev–Trinajstić information content (AvgIpc) is 3.23. The zero-order valence-corrected chi connectivity index (χ0v) is 15.8. The van der Waals surface area contributed by atoms with Gasteiger partial charge in [-0.3, -0.25) is 9.36 Å². The van der Waals surface area contributed by atoms with E-state index in [0.29, 0.717) is 10.9 Å². The highest BCUT2D eigenvalue weighted by atomic mass is 32.1. The molecule has 0 unspecified atom stereocenters. The van der Waals surface area contributed by atoms with Gasteiger partial charge in [-0.1, -0.05) is 12.1 Å². The summed E-state index contributed by atoms with van der Waals surface area (Å²) in [6.07, 6.45) is 3.44. The van der Waals surface area contributed by atoms with Gasteiger partial charge in [0.1, 0.15) is 0 Å². The molecule has 0 amide bonds. The molecule has 6 nitrogen and oxygen atoms in total. The summed E-state index contributed by atoms with van der Waals surface area (Å²) in [6.45, 7) is 4.01. The number of benzene rings is 1. The average molecular weight is 381 g/mol. The van der Waals surface area contributed by atoms with Crippen LogP contribution in [0.3, 0.4) is 0 Å². The first-order valence-corrected chi connectivity index (χ1v) is 9.22. The fourth-order valence-corrected chi connectivity index (χ4v) is 3.91. The predicted octanol–water partition coefficient (Wildman–Crippen LogP) is 3.81. The number of thiazole rings is 1. The second-order valence-corrected chi connectivity index (χ2v) is 7.07. The lowest BCUT2D eigenvalue weighted by atomic mass is 10.2. The molecule has 1 N–H and O–H groups in total. The molecule has 4 aromatic rings. The molecule has 26 heavy (non-hydrogen) atoms. The monoisotopic (exact) mass is 381 g/mol. The van der Waals surface area contributed by atoms with Gasteiger partial charge in [-0.05, 0) is 44.3 Å². The fraction of sp³-hybridized carbons (Fsp3) is 0.111. The molecule has 0 saturated heterocycles. The van der Waals surface area contributed by atoms with Crippen molar-refractivity contribution in [3.05, 3.63) is 74.0 Å². The molecule has 0 aliphatic rings. The highest BCUT2D eigenvalue weighted by Crippen LogP contribution is 2.21. The van der Waals surface area contributed by atoms with Gasteiger partial charge in [-0.15, -0.1) is 11.3 Å². The van der Waals surface area contributed by atoms with Crippen LogP contribution < -0.4 is 5.56 Å². The number of H-pyrrole nitrogens is 1. The standard InChI is InChI=1S/C18H15N5OS2/c1-11-9-13(12(2)22(11)18-19-7-8-26-18)10-20-23-16(24)14-5-3-4-6-15(14)21-17(23)25/h3-10H,1-2H3,(H,21,25)/b20-10-. The number of nitrogens with one attached hydrogen (secondary N) is 1. The quantitative estimate of drug-likeness (QED) is 0.433. The Bertz CT molecular complexity index is 1250. The van der Waals surface area contributed by atoms with E-state index < -0.39 is 0 Å². The zero-order chi connectivity index (χ0) is 18.3. The van der Waals surface area contributed by atoms with Crippen LogP contribution in [-0.4, -0.2) is 25.4 Å². The van der Waals surface area contributed by atoms with Crippen LogP contribution in [0.2, 0.25) is 0 Å². The van der Waals surface area contributed by atoms with Crippen LogP contribution in [0.4, 0.5) is 0 Å². The normalized spacial score (nSPS) is 11.6. The lowest BCUT2D eigenvalue weighted by Crippen LogP contribution is -2.18. The van der Waals surface area contributed by atoms with Crippen molar-refractivity contribution >= 4 is 40.7 Å². The number of aromatic amines is 1. The summed E-state index contributed by atoms with van der Waals surface area (Å²) < 4.78 is 3.54. The number of rotatable bonds is 3. The second-order valence-electron chi connectivity index (χ2n) is 5.81. The first-order valence-electron chi connectivity index (χ1n) is 7.93. The van der Waals surface area contributed by atoms with Crippen molar-refractivity contribution < 1.29 is 0 Å². The van der Waals surface area contributed by atoms with Gasteiger partial charge in [0.05, 0.1) is 17.1 Å². The van der Waals surface area contributed by atoms with E-state index in [-0.39, 0.29) is 10.3 Å². The van der Waals surface area contributed by atoms with E-state index in [0.717, 1.165) is 22.1 Å². The van der Waals surface area contributed by atoms with Crippen LogP contribution in [0.15, 0.2) is 51.8 Å². The number of para-hydroxylation sites is 1. The Balaban J connectivity index is 1.81. The largest absolute Gasteiger partial charge is 0.330 e. The number of fused-ring (bicyclic) bond motifs is 1. The summed E-state index contributed by atoms with van der Waals surface area (Å²) in [5.74, 6) is 0.